The number of likely N-dealkylation sites (tertiary alicyclic amines) is 2. The van der Waals surface area contributed by atoms with Gasteiger partial charge in [0, 0.05) is 83.9 Å². The van der Waals surface area contributed by atoms with Crippen LogP contribution in [0.4, 0.5) is 21.0 Å². The number of anilines is 2. The van der Waals surface area contributed by atoms with Crippen LogP contribution >= 0.6 is 0 Å². The topological polar surface area (TPSA) is 228 Å². The maximum absolute atomic E-state index is 13.3. The molecule has 6 aromatic rings. The van der Waals surface area contributed by atoms with Gasteiger partial charge in [-0.05, 0) is 154 Å². The molecule has 2 aromatic carbocycles. The third kappa shape index (κ3) is 15.2. The molecule has 412 valence electrons. The molecule has 0 bridgehead atoms. The monoisotopic (exact) mass is 1060 g/mol. The lowest BCUT2D eigenvalue weighted by Gasteiger charge is -2.34. The van der Waals surface area contributed by atoms with Gasteiger partial charge in [0.25, 0.3) is 11.1 Å². The Labute approximate surface area is 455 Å². The van der Waals surface area contributed by atoms with Gasteiger partial charge in [-0.15, -0.1) is 0 Å². The highest BCUT2D eigenvalue weighted by molar-refractivity contribution is 5.94. The van der Waals surface area contributed by atoms with Crippen LogP contribution in [0.3, 0.4) is 0 Å². The van der Waals surface area contributed by atoms with Crippen LogP contribution in [0.25, 0.3) is 0 Å². The molecule has 2 fully saturated rings. The van der Waals surface area contributed by atoms with Crippen LogP contribution in [0.2, 0.25) is 0 Å². The van der Waals surface area contributed by atoms with Crippen LogP contribution in [0.5, 0.6) is 0 Å². The van der Waals surface area contributed by atoms with E-state index >= 15 is 0 Å². The van der Waals surface area contributed by atoms with Crippen LogP contribution in [0.15, 0.2) is 156 Å². The number of benzene rings is 2. The van der Waals surface area contributed by atoms with E-state index in [1.54, 1.807) is 109 Å². The molecule has 6 heterocycles. The number of carbonyl (C=O) groups is 4. The normalized spacial score (nSPS) is 18.8. The van der Waals surface area contributed by atoms with Gasteiger partial charge < -0.3 is 39.5 Å². The Bertz CT molecular complexity index is 2880. The van der Waals surface area contributed by atoms with E-state index in [0.29, 0.717) is 61.0 Å². The van der Waals surface area contributed by atoms with E-state index in [2.05, 4.69) is 20.6 Å². The lowest BCUT2D eigenvalue weighted by Crippen LogP contribution is -2.47. The third-order valence-corrected chi connectivity index (χ3v) is 13.8. The highest BCUT2D eigenvalue weighted by Gasteiger charge is 2.44. The molecule has 78 heavy (non-hydrogen) atoms. The Morgan fingerprint density at radius 3 is 1.24 bits per heavy atom. The number of nitrogens with zero attached hydrogens (tertiary/aromatic N) is 6. The second-order valence-corrected chi connectivity index (χ2v) is 21.9. The largest absolute Gasteiger partial charge is 0.444 e. The summed E-state index contributed by atoms with van der Waals surface area (Å²) in [6, 6.07) is 29.0. The number of carbonyl (C=O) groups excluding carboxylic acids is 4. The Morgan fingerprint density at radius 2 is 0.923 bits per heavy atom. The van der Waals surface area contributed by atoms with E-state index < -0.39 is 59.8 Å². The Kier molecular flexibility index (Phi) is 18.8. The number of aliphatic hydroxyl groups excluding tert-OH is 2. The number of pyridine rings is 4. The molecule has 0 radical (unpaired) electrons. The van der Waals surface area contributed by atoms with Gasteiger partial charge >= 0.3 is 12.2 Å². The summed E-state index contributed by atoms with van der Waals surface area (Å²) < 4.78 is 14.2. The van der Waals surface area contributed by atoms with Gasteiger partial charge in [-0.2, -0.15) is 0 Å². The number of ether oxygens (including phenoxy) is 2. The fourth-order valence-electron chi connectivity index (χ4n) is 9.85. The third-order valence-electron chi connectivity index (χ3n) is 13.8. The lowest BCUT2D eigenvalue weighted by molar-refractivity contribution is -0.119. The van der Waals surface area contributed by atoms with Crippen molar-refractivity contribution in [1.29, 1.82) is 0 Å². The number of nitrogens with one attached hydrogen (secondary N) is 2. The van der Waals surface area contributed by atoms with Crippen molar-refractivity contribution in [3.63, 3.8) is 0 Å². The molecule has 4 aromatic heterocycles. The van der Waals surface area contributed by atoms with Gasteiger partial charge in [-0.3, -0.25) is 38.9 Å². The average Bonchev–Trinajstić information content (AvgIpc) is 4.05. The summed E-state index contributed by atoms with van der Waals surface area (Å²) in [5.74, 6) is -0.592. The molecule has 4 amide bonds. The van der Waals surface area contributed by atoms with Crippen molar-refractivity contribution in [2.75, 3.05) is 10.6 Å². The van der Waals surface area contributed by atoms with E-state index in [0.717, 1.165) is 11.1 Å². The molecule has 8 atom stereocenters. The fraction of sp³-hybridized carbons (Fsp3) is 0.400. The highest BCUT2D eigenvalue weighted by Crippen LogP contribution is 2.38. The second-order valence-electron chi connectivity index (χ2n) is 21.9. The van der Waals surface area contributed by atoms with Gasteiger partial charge in [0.2, 0.25) is 11.8 Å². The van der Waals surface area contributed by atoms with Crippen molar-refractivity contribution in [3.8, 4) is 0 Å². The first-order valence-electron chi connectivity index (χ1n) is 26.4. The van der Waals surface area contributed by atoms with E-state index in [9.17, 15) is 39.0 Å². The first kappa shape index (κ1) is 57.7. The van der Waals surface area contributed by atoms with Crippen LogP contribution in [0.1, 0.15) is 128 Å². The van der Waals surface area contributed by atoms with Gasteiger partial charge in [-0.1, -0.05) is 48.5 Å². The van der Waals surface area contributed by atoms with Gasteiger partial charge in [0.05, 0.1) is 12.1 Å². The van der Waals surface area contributed by atoms with E-state index in [-0.39, 0.29) is 35.0 Å². The molecule has 18 heteroatoms. The highest BCUT2D eigenvalue weighted by atomic mass is 16.6. The maximum atomic E-state index is 13.3. The summed E-state index contributed by atoms with van der Waals surface area (Å²) in [6.07, 6.45) is 10.9. The molecule has 0 unspecified atom stereocenters. The van der Waals surface area contributed by atoms with Crippen LogP contribution in [-0.4, -0.2) is 98.5 Å². The smallest absolute Gasteiger partial charge is 0.410 e. The fourth-order valence-corrected chi connectivity index (χ4v) is 9.85. The predicted molar refractivity (Wildman–Crippen MR) is 297 cm³/mol. The molecule has 8 rings (SSSR count). The minimum Gasteiger partial charge on any atom is -0.444 e. The zero-order chi connectivity index (χ0) is 56.3. The predicted octanol–water partition coefficient (Wildman–Crippen LogP) is 8.97. The zero-order valence-electron chi connectivity index (χ0n) is 45.6. The van der Waals surface area contributed by atoms with Crippen molar-refractivity contribution in [2.45, 2.75) is 154 Å². The summed E-state index contributed by atoms with van der Waals surface area (Å²) in [5.41, 5.74) is 2.67. The molecule has 0 aliphatic carbocycles. The number of hydrogen-bond acceptors (Lipinski definition) is 12. The molecule has 2 saturated heterocycles. The standard InChI is InChI=1S/2C30H36N4O5/c2*1-20(33-17-6-5-9-26(33)35)28(37)32-23-12-10-21(11-13-23)18-24-14-15-25(27(36)22-8-7-16-31-19-22)34(24)29(38)39-30(2,3)4/h2*5-13,16-17,19-20,24-25,27,36H,14-15,18H2,1-4H3,(H,32,37)/t20-,24+,25-,27-;20-,24-,25+,27+/m10/s1. The number of aromatic nitrogens is 4. The molecule has 0 saturated carbocycles. The number of hydrogen-bond donors (Lipinski definition) is 4. The van der Waals surface area contributed by atoms with Crippen LogP contribution in [0, 0.1) is 0 Å². The lowest BCUT2D eigenvalue weighted by atomic mass is 10.0. The molecule has 18 nitrogen and oxygen atoms in total. The number of amides is 4. The zero-order valence-corrected chi connectivity index (χ0v) is 45.6. The summed E-state index contributed by atoms with van der Waals surface area (Å²) in [6.45, 7) is 14.3. The van der Waals surface area contributed by atoms with Crippen molar-refractivity contribution < 1.29 is 38.9 Å². The van der Waals surface area contributed by atoms with E-state index in [1.807, 2.05) is 90.1 Å². The molecule has 0 spiro atoms. The average molecular weight is 1070 g/mol. The molecule has 2 aliphatic rings. The molecule has 4 N–H and O–H groups in total. The minimum atomic E-state index is -0.882. The Hall–Kier alpha value is -7.96. The van der Waals surface area contributed by atoms with Crippen LogP contribution < -0.4 is 21.8 Å². The van der Waals surface area contributed by atoms with Gasteiger partial charge in [-0.25, -0.2) is 9.59 Å². The summed E-state index contributed by atoms with van der Waals surface area (Å²) in [5, 5.41) is 28.0. The Balaban J connectivity index is 0.000000226. The van der Waals surface area contributed by atoms with E-state index in [4.69, 9.17) is 9.47 Å². The molecular weight excluding hydrogens is 993 g/mol. The van der Waals surface area contributed by atoms with Crippen LogP contribution in [-0.2, 0) is 31.9 Å². The minimum absolute atomic E-state index is 0.165. The molecular formula is C60H72N8O10. The summed E-state index contributed by atoms with van der Waals surface area (Å²) >= 11 is 0. The number of aliphatic hydroxyl groups is 2. The quantitative estimate of drug-likeness (QED) is 0.0802. The van der Waals surface area contributed by atoms with Crippen molar-refractivity contribution in [2.24, 2.45) is 0 Å². The van der Waals surface area contributed by atoms with E-state index in [1.165, 1.54) is 21.3 Å². The maximum Gasteiger partial charge on any atom is 0.410 e. The first-order valence-corrected chi connectivity index (χ1v) is 26.4. The SMILES string of the molecule is C[C@@H](C(=O)Nc1ccc(C[C@@H]2CC[C@H]([C@H](O)c3cccnc3)N2C(=O)OC(C)(C)C)cc1)n1ccccc1=O.C[C@H](C(=O)Nc1ccc(C[C@@H]2CC[C@H]([C@H](O)c3cccnc3)N2C(=O)OC(C)(C)C)cc1)n1ccccc1=O. The summed E-state index contributed by atoms with van der Waals surface area (Å²) in [7, 11) is 0. The van der Waals surface area contributed by atoms with Gasteiger partial charge in [0.15, 0.2) is 0 Å². The van der Waals surface area contributed by atoms with Crippen molar-refractivity contribution >= 4 is 35.4 Å². The van der Waals surface area contributed by atoms with Gasteiger partial charge in [0.1, 0.15) is 35.5 Å². The Morgan fingerprint density at radius 1 is 0.551 bits per heavy atom. The molecule has 2 aliphatic heterocycles. The second kappa shape index (κ2) is 25.5. The first-order chi connectivity index (χ1) is 37.1. The number of rotatable bonds is 14. The van der Waals surface area contributed by atoms with Crippen molar-refractivity contribution in [1.82, 2.24) is 28.9 Å². The van der Waals surface area contributed by atoms with Crippen molar-refractivity contribution in [3.05, 3.63) is 189 Å². The summed E-state index contributed by atoms with van der Waals surface area (Å²) in [4.78, 5) is 87.7.